The molecule has 0 amide bonds. The monoisotopic (exact) mass is 196 g/mol. The van der Waals surface area contributed by atoms with Crippen LogP contribution in [-0.4, -0.2) is 16.9 Å². The van der Waals surface area contributed by atoms with E-state index in [0.29, 0.717) is 0 Å². The Balaban J connectivity index is 2.32. The van der Waals surface area contributed by atoms with Crippen molar-refractivity contribution in [2.24, 2.45) is 0 Å². The van der Waals surface area contributed by atoms with Crippen molar-refractivity contribution in [2.45, 2.75) is 39.3 Å². The molecule has 0 fully saturated rings. The van der Waals surface area contributed by atoms with Crippen molar-refractivity contribution in [1.29, 1.82) is 0 Å². The van der Waals surface area contributed by atoms with Gasteiger partial charge in [-0.2, -0.15) is 0 Å². The number of hydrogen-bond donors (Lipinski definition) is 0. The summed E-state index contributed by atoms with van der Waals surface area (Å²) in [6.45, 7) is 8.80. The van der Waals surface area contributed by atoms with Gasteiger partial charge in [0, 0.05) is 23.4 Å². The van der Waals surface area contributed by atoms with Crippen LogP contribution in [0.15, 0.2) is 0 Å². The molecular weight excluding hydrogens is 180 g/mol. The lowest BCUT2D eigenvalue weighted by Crippen LogP contribution is -2.13. The number of aromatic nitrogens is 1. The van der Waals surface area contributed by atoms with Gasteiger partial charge >= 0.3 is 0 Å². The Morgan fingerprint density at radius 1 is 1.31 bits per heavy atom. The summed E-state index contributed by atoms with van der Waals surface area (Å²) < 4.78 is 0. The minimum atomic E-state index is 0.216. The highest BCUT2D eigenvalue weighted by Crippen LogP contribution is 2.33. The van der Waals surface area contributed by atoms with E-state index in [4.69, 9.17) is 0 Å². The van der Waals surface area contributed by atoms with Gasteiger partial charge in [-0.25, -0.2) is 4.98 Å². The lowest BCUT2D eigenvalue weighted by Gasteiger charge is -2.14. The highest BCUT2D eigenvalue weighted by molar-refractivity contribution is 7.11. The molecule has 0 bridgehead atoms. The molecule has 0 aromatic carbocycles. The number of nitrogens with zero attached hydrogens (tertiary/aromatic N) is 2. The first-order chi connectivity index (χ1) is 5.97. The van der Waals surface area contributed by atoms with E-state index in [9.17, 15) is 0 Å². The standard InChI is InChI=1S/C10H16N2S/c1-10(2,3)9-11-7-5-12(4)6-8(7)13-9/h5-6H2,1-4H3. The van der Waals surface area contributed by atoms with E-state index in [2.05, 4.69) is 37.7 Å². The maximum atomic E-state index is 4.69. The van der Waals surface area contributed by atoms with Gasteiger partial charge in [0.1, 0.15) is 0 Å². The maximum Gasteiger partial charge on any atom is 0.0985 e. The van der Waals surface area contributed by atoms with Crippen LogP contribution in [0, 0.1) is 0 Å². The normalized spacial score (nSPS) is 17.8. The number of thiazole rings is 1. The van der Waals surface area contributed by atoms with Crippen molar-refractivity contribution in [3.8, 4) is 0 Å². The van der Waals surface area contributed by atoms with Crippen molar-refractivity contribution in [1.82, 2.24) is 9.88 Å². The fourth-order valence-corrected chi connectivity index (χ4v) is 2.72. The molecule has 2 heterocycles. The Kier molecular flexibility index (Phi) is 1.96. The third-order valence-corrected chi connectivity index (χ3v) is 3.76. The maximum absolute atomic E-state index is 4.69. The summed E-state index contributed by atoms with van der Waals surface area (Å²) in [6.07, 6.45) is 0. The molecular formula is C10H16N2S. The van der Waals surface area contributed by atoms with Gasteiger partial charge in [0.25, 0.3) is 0 Å². The fraction of sp³-hybridized carbons (Fsp3) is 0.700. The predicted molar refractivity (Wildman–Crippen MR) is 56.0 cm³/mol. The Labute approximate surface area is 83.6 Å². The quantitative estimate of drug-likeness (QED) is 0.633. The van der Waals surface area contributed by atoms with Gasteiger partial charge in [-0.05, 0) is 7.05 Å². The second-order valence-electron chi connectivity index (χ2n) is 4.81. The van der Waals surface area contributed by atoms with Gasteiger partial charge in [0.15, 0.2) is 0 Å². The predicted octanol–water partition coefficient (Wildman–Crippen LogP) is 2.39. The average molecular weight is 196 g/mol. The molecule has 0 saturated heterocycles. The highest BCUT2D eigenvalue weighted by Gasteiger charge is 2.25. The zero-order valence-corrected chi connectivity index (χ0v) is 9.53. The Morgan fingerprint density at radius 2 is 2.00 bits per heavy atom. The van der Waals surface area contributed by atoms with Gasteiger partial charge in [-0.3, -0.25) is 4.90 Å². The Hall–Kier alpha value is -0.410. The first-order valence-electron chi connectivity index (χ1n) is 4.64. The second kappa shape index (κ2) is 2.79. The summed E-state index contributed by atoms with van der Waals surface area (Å²) >= 11 is 1.88. The van der Waals surface area contributed by atoms with Crippen LogP contribution >= 0.6 is 11.3 Å². The molecule has 0 saturated carbocycles. The Morgan fingerprint density at radius 3 is 2.54 bits per heavy atom. The summed E-state index contributed by atoms with van der Waals surface area (Å²) in [7, 11) is 2.14. The van der Waals surface area contributed by atoms with Gasteiger partial charge in [-0.15, -0.1) is 11.3 Å². The smallest absolute Gasteiger partial charge is 0.0985 e. The van der Waals surface area contributed by atoms with E-state index in [1.54, 1.807) is 0 Å². The summed E-state index contributed by atoms with van der Waals surface area (Å²) in [6, 6.07) is 0. The molecule has 0 N–H and O–H groups in total. The topological polar surface area (TPSA) is 16.1 Å². The first-order valence-corrected chi connectivity index (χ1v) is 5.46. The van der Waals surface area contributed by atoms with Gasteiger partial charge in [0.2, 0.25) is 0 Å². The molecule has 1 aliphatic rings. The van der Waals surface area contributed by atoms with Gasteiger partial charge < -0.3 is 0 Å². The molecule has 2 rings (SSSR count). The van der Waals surface area contributed by atoms with E-state index < -0.39 is 0 Å². The zero-order valence-electron chi connectivity index (χ0n) is 8.72. The average Bonchev–Trinajstić information content (AvgIpc) is 2.40. The zero-order chi connectivity index (χ0) is 9.64. The number of rotatable bonds is 0. The van der Waals surface area contributed by atoms with Crippen molar-refractivity contribution in [2.75, 3.05) is 7.05 Å². The fourth-order valence-electron chi connectivity index (χ4n) is 1.51. The van der Waals surface area contributed by atoms with Gasteiger partial charge in [0.05, 0.1) is 10.7 Å². The summed E-state index contributed by atoms with van der Waals surface area (Å²) in [5.74, 6) is 0. The molecule has 0 unspecified atom stereocenters. The SMILES string of the molecule is CN1Cc2nc(C(C)(C)C)sc2C1. The third kappa shape index (κ3) is 1.63. The minimum absolute atomic E-state index is 0.216. The van der Waals surface area contributed by atoms with Crippen LogP contribution in [0.1, 0.15) is 36.3 Å². The van der Waals surface area contributed by atoms with Crippen LogP contribution in [-0.2, 0) is 18.5 Å². The highest BCUT2D eigenvalue weighted by atomic mass is 32.1. The molecule has 0 spiro atoms. The van der Waals surface area contributed by atoms with Crippen LogP contribution in [0.4, 0.5) is 0 Å². The molecule has 1 aromatic heterocycles. The van der Waals surface area contributed by atoms with E-state index in [0.717, 1.165) is 13.1 Å². The molecule has 0 atom stereocenters. The van der Waals surface area contributed by atoms with E-state index >= 15 is 0 Å². The van der Waals surface area contributed by atoms with E-state index in [1.807, 2.05) is 11.3 Å². The summed E-state index contributed by atoms with van der Waals surface area (Å²) in [5, 5.41) is 1.28. The van der Waals surface area contributed by atoms with Crippen LogP contribution < -0.4 is 0 Å². The molecule has 13 heavy (non-hydrogen) atoms. The molecule has 72 valence electrons. The van der Waals surface area contributed by atoms with Crippen molar-refractivity contribution < 1.29 is 0 Å². The largest absolute Gasteiger partial charge is 0.295 e. The Bertz CT molecular complexity index is 299. The summed E-state index contributed by atoms with van der Waals surface area (Å²) in [4.78, 5) is 8.46. The van der Waals surface area contributed by atoms with Gasteiger partial charge in [-0.1, -0.05) is 20.8 Å². The van der Waals surface area contributed by atoms with Crippen LogP contribution in [0.5, 0.6) is 0 Å². The third-order valence-electron chi connectivity index (χ3n) is 2.25. The van der Waals surface area contributed by atoms with Crippen molar-refractivity contribution >= 4 is 11.3 Å². The lowest BCUT2D eigenvalue weighted by molar-refractivity contribution is 0.351. The number of hydrogen-bond acceptors (Lipinski definition) is 3. The van der Waals surface area contributed by atoms with Crippen molar-refractivity contribution in [3.05, 3.63) is 15.6 Å². The number of fused-ring (bicyclic) bond motifs is 1. The van der Waals surface area contributed by atoms with Crippen LogP contribution in [0.3, 0.4) is 0 Å². The minimum Gasteiger partial charge on any atom is -0.295 e. The molecule has 0 aliphatic carbocycles. The van der Waals surface area contributed by atoms with Crippen molar-refractivity contribution in [3.63, 3.8) is 0 Å². The van der Waals surface area contributed by atoms with E-state index in [1.165, 1.54) is 15.6 Å². The lowest BCUT2D eigenvalue weighted by atomic mass is 9.98. The molecule has 1 aliphatic heterocycles. The second-order valence-corrected chi connectivity index (χ2v) is 5.89. The molecule has 3 heteroatoms. The first kappa shape index (κ1) is 9.16. The summed E-state index contributed by atoms with van der Waals surface area (Å²) in [5.41, 5.74) is 1.52. The van der Waals surface area contributed by atoms with Crippen LogP contribution in [0.25, 0.3) is 0 Å². The van der Waals surface area contributed by atoms with E-state index in [-0.39, 0.29) is 5.41 Å². The molecule has 1 aromatic rings. The molecule has 2 nitrogen and oxygen atoms in total. The van der Waals surface area contributed by atoms with Crippen LogP contribution in [0.2, 0.25) is 0 Å². The molecule has 0 radical (unpaired) electrons.